The maximum absolute atomic E-state index is 13.1. The molecule has 0 radical (unpaired) electrons. The van der Waals surface area contributed by atoms with Crippen molar-refractivity contribution in [2.45, 2.75) is 6.04 Å². The van der Waals surface area contributed by atoms with Gasteiger partial charge in [0.2, 0.25) is 0 Å². The second-order valence-corrected chi connectivity index (χ2v) is 4.95. The molecule has 0 spiro atoms. The number of aromatic nitrogens is 2. The fourth-order valence-electron chi connectivity index (χ4n) is 1.81. The summed E-state index contributed by atoms with van der Waals surface area (Å²) in [5.74, 6) is 0.699. The minimum Gasteiger partial charge on any atom is -0.336 e. The maximum atomic E-state index is 13.1. The lowest BCUT2D eigenvalue weighted by Gasteiger charge is -2.18. The molecule has 3 nitrogen and oxygen atoms in total. The molecule has 0 saturated heterocycles. The summed E-state index contributed by atoms with van der Waals surface area (Å²) in [6.45, 7) is 0. The van der Waals surface area contributed by atoms with Crippen molar-refractivity contribution < 1.29 is 4.39 Å². The van der Waals surface area contributed by atoms with E-state index < -0.39 is 0 Å². The predicted octanol–water partition coefficient (Wildman–Crippen LogP) is 2.47. The second-order valence-electron chi connectivity index (χ2n) is 3.78. The fourth-order valence-corrected chi connectivity index (χ4v) is 2.60. The van der Waals surface area contributed by atoms with Crippen molar-refractivity contribution in [1.82, 2.24) is 14.9 Å². The van der Waals surface area contributed by atoms with Crippen LogP contribution in [0, 0.1) is 9.39 Å². The molecule has 90 valence electrons. The first-order chi connectivity index (χ1) is 8.13. The van der Waals surface area contributed by atoms with Gasteiger partial charge < -0.3 is 9.88 Å². The molecular weight excluding hydrogens is 332 g/mol. The highest BCUT2D eigenvalue weighted by molar-refractivity contribution is 14.1. The van der Waals surface area contributed by atoms with Crippen molar-refractivity contribution in [3.05, 3.63) is 51.4 Å². The number of halogens is 2. The summed E-state index contributed by atoms with van der Waals surface area (Å²) in [5, 5.41) is 3.21. The van der Waals surface area contributed by atoms with Gasteiger partial charge in [-0.25, -0.2) is 9.37 Å². The molecule has 0 fully saturated rings. The Balaban J connectivity index is 2.46. The Morgan fingerprint density at radius 2 is 2.24 bits per heavy atom. The number of aryl methyl sites for hydroxylation is 1. The van der Waals surface area contributed by atoms with E-state index in [1.807, 2.05) is 24.9 Å². The highest BCUT2D eigenvalue weighted by atomic mass is 127. The van der Waals surface area contributed by atoms with Crippen molar-refractivity contribution in [2.24, 2.45) is 7.05 Å². The van der Waals surface area contributed by atoms with E-state index in [0.717, 1.165) is 15.0 Å². The molecule has 0 aliphatic carbocycles. The molecule has 1 unspecified atom stereocenters. The third-order valence-electron chi connectivity index (χ3n) is 2.68. The molecule has 17 heavy (non-hydrogen) atoms. The lowest BCUT2D eigenvalue weighted by Crippen LogP contribution is -2.22. The van der Waals surface area contributed by atoms with Crippen LogP contribution in [-0.2, 0) is 7.05 Å². The lowest BCUT2D eigenvalue weighted by molar-refractivity contribution is 0.603. The Labute approximate surface area is 113 Å². The van der Waals surface area contributed by atoms with Gasteiger partial charge in [0.25, 0.3) is 0 Å². The molecule has 2 aromatic rings. The van der Waals surface area contributed by atoms with E-state index in [1.54, 1.807) is 12.3 Å². The van der Waals surface area contributed by atoms with E-state index in [2.05, 4.69) is 32.9 Å². The first-order valence-electron chi connectivity index (χ1n) is 5.23. The third-order valence-corrected chi connectivity index (χ3v) is 3.61. The highest BCUT2D eigenvalue weighted by Gasteiger charge is 2.18. The highest BCUT2D eigenvalue weighted by Crippen LogP contribution is 2.25. The van der Waals surface area contributed by atoms with E-state index in [0.29, 0.717) is 0 Å². The van der Waals surface area contributed by atoms with Gasteiger partial charge in [-0.15, -0.1) is 0 Å². The van der Waals surface area contributed by atoms with Gasteiger partial charge in [0, 0.05) is 23.0 Å². The molecule has 0 saturated carbocycles. The summed E-state index contributed by atoms with van der Waals surface area (Å²) < 4.78 is 15.9. The normalized spacial score (nSPS) is 12.7. The number of nitrogens with zero attached hydrogens (tertiary/aromatic N) is 2. The quantitative estimate of drug-likeness (QED) is 0.867. The number of rotatable bonds is 3. The average Bonchev–Trinajstić information content (AvgIpc) is 2.69. The van der Waals surface area contributed by atoms with E-state index in [-0.39, 0.29) is 11.9 Å². The van der Waals surface area contributed by atoms with Gasteiger partial charge in [-0.3, -0.25) is 0 Å². The molecular formula is C12H13FIN3. The molecule has 0 bridgehead atoms. The number of benzene rings is 1. The number of nitrogens with one attached hydrogen (secondary N) is 1. The molecule has 1 atom stereocenters. The van der Waals surface area contributed by atoms with Gasteiger partial charge >= 0.3 is 0 Å². The van der Waals surface area contributed by atoms with Crippen LogP contribution in [-0.4, -0.2) is 16.6 Å². The first kappa shape index (κ1) is 12.5. The summed E-state index contributed by atoms with van der Waals surface area (Å²) in [6, 6.07) is 4.78. The Hall–Kier alpha value is -0.950. The van der Waals surface area contributed by atoms with E-state index in [4.69, 9.17) is 0 Å². The van der Waals surface area contributed by atoms with Crippen molar-refractivity contribution in [3.63, 3.8) is 0 Å². The van der Waals surface area contributed by atoms with Crippen LogP contribution in [0.25, 0.3) is 0 Å². The zero-order chi connectivity index (χ0) is 12.4. The summed E-state index contributed by atoms with van der Waals surface area (Å²) in [7, 11) is 3.82. The Morgan fingerprint density at radius 3 is 2.76 bits per heavy atom. The average molecular weight is 345 g/mol. The summed E-state index contributed by atoms with van der Waals surface area (Å²) in [4.78, 5) is 4.33. The Kier molecular flexibility index (Phi) is 3.78. The molecule has 1 aromatic carbocycles. The van der Waals surface area contributed by atoms with Crippen LogP contribution in [0.15, 0.2) is 30.6 Å². The number of hydrogen-bond donors (Lipinski definition) is 1. The maximum Gasteiger partial charge on any atom is 0.130 e. The molecule has 0 aliphatic rings. The van der Waals surface area contributed by atoms with Crippen LogP contribution in [0.2, 0.25) is 0 Å². The minimum absolute atomic E-state index is 0.0255. The molecule has 0 amide bonds. The van der Waals surface area contributed by atoms with Crippen LogP contribution in [0.5, 0.6) is 0 Å². The van der Waals surface area contributed by atoms with Crippen molar-refractivity contribution >= 4 is 22.6 Å². The van der Waals surface area contributed by atoms with Gasteiger partial charge in [-0.1, -0.05) is 6.07 Å². The number of imidazole rings is 1. The van der Waals surface area contributed by atoms with E-state index in [1.165, 1.54) is 12.1 Å². The van der Waals surface area contributed by atoms with Gasteiger partial charge in [-0.2, -0.15) is 0 Å². The van der Waals surface area contributed by atoms with E-state index >= 15 is 0 Å². The monoisotopic (exact) mass is 345 g/mol. The van der Waals surface area contributed by atoms with Crippen LogP contribution >= 0.6 is 22.6 Å². The third kappa shape index (κ3) is 2.50. The van der Waals surface area contributed by atoms with Crippen molar-refractivity contribution in [1.29, 1.82) is 0 Å². The Morgan fingerprint density at radius 1 is 1.47 bits per heavy atom. The topological polar surface area (TPSA) is 29.9 Å². The number of hydrogen-bond acceptors (Lipinski definition) is 2. The Bertz CT molecular complexity index is 524. The second kappa shape index (κ2) is 5.14. The largest absolute Gasteiger partial charge is 0.336 e. The molecule has 2 rings (SSSR count). The van der Waals surface area contributed by atoms with Gasteiger partial charge in [0.15, 0.2) is 0 Å². The summed E-state index contributed by atoms with van der Waals surface area (Å²) >= 11 is 2.14. The zero-order valence-corrected chi connectivity index (χ0v) is 11.8. The van der Waals surface area contributed by atoms with Gasteiger partial charge in [0.1, 0.15) is 11.6 Å². The molecule has 1 heterocycles. The minimum atomic E-state index is -0.215. The van der Waals surface area contributed by atoms with Crippen LogP contribution in [0.3, 0.4) is 0 Å². The molecule has 1 N–H and O–H groups in total. The van der Waals surface area contributed by atoms with Gasteiger partial charge in [-0.05, 0) is 47.3 Å². The van der Waals surface area contributed by atoms with Crippen molar-refractivity contribution in [3.8, 4) is 0 Å². The zero-order valence-electron chi connectivity index (χ0n) is 9.61. The SMILES string of the molecule is CNC(c1ccc(F)cc1I)c1nccn1C. The standard InChI is InChI=1S/C12H13FIN3/c1-15-11(12-16-5-6-17(12)2)9-4-3-8(13)7-10(9)14/h3-7,11,15H,1-2H3. The molecule has 1 aromatic heterocycles. The van der Waals surface area contributed by atoms with Crippen LogP contribution in [0.4, 0.5) is 4.39 Å². The molecule has 5 heteroatoms. The van der Waals surface area contributed by atoms with Crippen molar-refractivity contribution in [2.75, 3.05) is 7.05 Å². The van der Waals surface area contributed by atoms with Crippen LogP contribution in [0.1, 0.15) is 17.4 Å². The summed E-state index contributed by atoms with van der Waals surface area (Å²) in [6.07, 6.45) is 3.66. The predicted molar refractivity (Wildman–Crippen MR) is 73.2 cm³/mol. The lowest BCUT2D eigenvalue weighted by atomic mass is 10.1. The molecule has 0 aliphatic heterocycles. The fraction of sp³-hybridized carbons (Fsp3) is 0.250. The van der Waals surface area contributed by atoms with E-state index in [9.17, 15) is 4.39 Å². The smallest absolute Gasteiger partial charge is 0.130 e. The summed E-state index contributed by atoms with van der Waals surface area (Å²) in [5.41, 5.74) is 1.03. The first-order valence-corrected chi connectivity index (χ1v) is 6.30. The van der Waals surface area contributed by atoms with Gasteiger partial charge in [0.05, 0.1) is 6.04 Å². The van der Waals surface area contributed by atoms with Crippen LogP contribution < -0.4 is 5.32 Å².